The van der Waals surface area contributed by atoms with Gasteiger partial charge in [-0.3, -0.25) is 4.79 Å². The lowest BCUT2D eigenvalue weighted by atomic mass is 9.93. The molecule has 4 rings (SSSR count). The van der Waals surface area contributed by atoms with Crippen molar-refractivity contribution in [2.75, 3.05) is 6.54 Å². The lowest BCUT2D eigenvalue weighted by Crippen LogP contribution is -2.38. The predicted molar refractivity (Wildman–Crippen MR) is 151 cm³/mol. The molecule has 0 saturated heterocycles. The second-order valence-corrected chi connectivity index (χ2v) is 10.9. The summed E-state index contributed by atoms with van der Waals surface area (Å²) >= 11 is 1.46. The van der Waals surface area contributed by atoms with Gasteiger partial charge in [0.05, 0.1) is 29.8 Å². The Morgan fingerprint density at radius 3 is 2.55 bits per heavy atom. The van der Waals surface area contributed by atoms with Crippen molar-refractivity contribution in [3.8, 4) is 5.75 Å². The standard InChI is InChI=1S/C30H35N3O4S/c1-19(2)16-31-26(34)15-24-18-38-30-32-21(5)27(29(35)37-20(3)4)28(33(24)30)23-12-9-13-25(14-23)36-17-22-10-7-6-8-11-22/h6-14,18-20,28H,15-17H2,1-5H3,(H,31,34). The van der Waals surface area contributed by atoms with Crippen LogP contribution in [0.15, 0.2) is 82.0 Å². The molecule has 0 fully saturated rings. The van der Waals surface area contributed by atoms with E-state index in [0.717, 1.165) is 22.0 Å². The number of aliphatic imine (C=N–C) groups is 1. The van der Waals surface area contributed by atoms with Crippen LogP contribution in [0.25, 0.3) is 0 Å². The largest absolute Gasteiger partial charge is 0.489 e. The summed E-state index contributed by atoms with van der Waals surface area (Å²) in [7, 11) is 0. The molecule has 38 heavy (non-hydrogen) atoms. The van der Waals surface area contributed by atoms with Gasteiger partial charge in [-0.25, -0.2) is 9.79 Å². The van der Waals surface area contributed by atoms with Gasteiger partial charge in [0.1, 0.15) is 12.4 Å². The van der Waals surface area contributed by atoms with Crippen molar-refractivity contribution < 1.29 is 19.1 Å². The minimum atomic E-state index is -0.506. The van der Waals surface area contributed by atoms with Gasteiger partial charge in [-0.2, -0.15) is 0 Å². The maximum Gasteiger partial charge on any atom is 0.338 e. The van der Waals surface area contributed by atoms with E-state index in [1.807, 2.05) is 85.7 Å². The summed E-state index contributed by atoms with van der Waals surface area (Å²) in [5, 5.41) is 5.67. The molecule has 0 spiro atoms. The highest BCUT2D eigenvalue weighted by Gasteiger charge is 2.41. The van der Waals surface area contributed by atoms with Crippen LogP contribution in [0, 0.1) is 5.92 Å². The number of rotatable bonds is 10. The van der Waals surface area contributed by atoms with Gasteiger partial charge < -0.3 is 19.7 Å². The van der Waals surface area contributed by atoms with Gasteiger partial charge in [-0.15, -0.1) is 0 Å². The van der Waals surface area contributed by atoms with Gasteiger partial charge in [-0.1, -0.05) is 68.1 Å². The highest BCUT2D eigenvalue weighted by molar-refractivity contribution is 8.16. The van der Waals surface area contributed by atoms with Gasteiger partial charge in [-0.05, 0) is 55.4 Å². The number of thioether (sulfide) groups is 1. The van der Waals surface area contributed by atoms with E-state index < -0.39 is 12.0 Å². The van der Waals surface area contributed by atoms with E-state index in [1.54, 1.807) is 0 Å². The van der Waals surface area contributed by atoms with Gasteiger partial charge in [0, 0.05) is 12.2 Å². The fourth-order valence-electron chi connectivity index (χ4n) is 4.28. The van der Waals surface area contributed by atoms with Crippen LogP contribution in [0.4, 0.5) is 0 Å². The third-order valence-corrected chi connectivity index (χ3v) is 6.92. The van der Waals surface area contributed by atoms with Crippen LogP contribution in [0.1, 0.15) is 58.2 Å². The number of nitrogens with zero attached hydrogens (tertiary/aromatic N) is 2. The molecule has 0 bridgehead atoms. The summed E-state index contributed by atoms with van der Waals surface area (Å²) in [5.41, 5.74) is 3.77. The molecule has 0 aliphatic carbocycles. The number of carbonyl (C=O) groups is 2. The number of fused-ring (bicyclic) bond motifs is 1. The molecule has 0 radical (unpaired) electrons. The summed E-state index contributed by atoms with van der Waals surface area (Å²) in [6.07, 6.45) is -0.0931. The van der Waals surface area contributed by atoms with Crippen molar-refractivity contribution in [3.63, 3.8) is 0 Å². The summed E-state index contributed by atoms with van der Waals surface area (Å²) in [6.45, 7) is 10.6. The van der Waals surface area contributed by atoms with E-state index in [-0.39, 0.29) is 18.4 Å². The number of carbonyl (C=O) groups excluding carboxylic acids is 2. The molecule has 2 aromatic rings. The molecule has 2 aromatic carbocycles. The van der Waals surface area contributed by atoms with Crippen LogP contribution in [0.3, 0.4) is 0 Å². The maximum absolute atomic E-state index is 13.4. The maximum atomic E-state index is 13.4. The highest BCUT2D eigenvalue weighted by Crippen LogP contribution is 2.45. The Bertz CT molecular complexity index is 1270. The van der Waals surface area contributed by atoms with Gasteiger partial charge >= 0.3 is 5.97 Å². The van der Waals surface area contributed by atoms with E-state index in [9.17, 15) is 9.59 Å². The van der Waals surface area contributed by atoms with Crippen molar-refractivity contribution in [1.29, 1.82) is 0 Å². The zero-order chi connectivity index (χ0) is 27.2. The molecule has 2 heterocycles. The molecular formula is C30H35N3O4S. The first-order valence-electron chi connectivity index (χ1n) is 12.9. The number of benzene rings is 2. The van der Waals surface area contributed by atoms with Gasteiger partial charge in [0.25, 0.3) is 0 Å². The van der Waals surface area contributed by atoms with Crippen LogP contribution < -0.4 is 10.1 Å². The average Bonchev–Trinajstić information content (AvgIpc) is 3.27. The normalized spacial score (nSPS) is 16.8. The lowest BCUT2D eigenvalue weighted by Gasteiger charge is -2.36. The topological polar surface area (TPSA) is 80.2 Å². The number of amides is 1. The van der Waals surface area contributed by atoms with Gasteiger partial charge in [0.2, 0.25) is 5.91 Å². The fourth-order valence-corrected chi connectivity index (χ4v) is 5.25. The summed E-state index contributed by atoms with van der Waals surface area (Å²) in [5.74, 6) is 0.563. The third-order valence-electron chi connectivity index (χ3n) is 6.03. The molecule has 200 valence electrons. The first-order valence-corrected chi connectivity index (χ1v) is 13.8. The molecule has 0 saturated carbocycles. The number of allylic oxidation sites excluding steroid dienone is 1. The van der Waals surface area contributed by atoms with Crippen molar-refractivity contribution in [3.05, 3.63) is 88.1 Å². The minimum absolute atomic E-state index is 0.0666. The number of hydrogen-bond donors (Lipinski definition) is 1. The summed E-state index contributed by atoms with van der Waals surface area (Å²) in [4.78, 5) is 32.9. The first-order chi connectivity index (χ1) is 18.2. The zero-order valence-corrected chi connectivity index (χ0v) is 23.4. The van der Waals surface area contributed by atoms with Crippen LogP contribution in [0.5, 0.6) is 5.75 Å². The summed E-state index contributed by atoms with van der Waals surface area (Å²) in [6, 6.07) is 17.2. The Hall–Kier alpha value is -3.52. The van der Waals surface area contributed by atoms with E-state index in [1.165, 1.54) is 11.8 Å². The smallest absolute Gasteiger partial charge is 0.338 e. The number of hydrogen-bond acceptors (Lipinski definition) is 7. The van der Waals surface area contributed by atoms with Gasteiger partial charge in [0.15, 0.2) is 5.17 Å². The van der Waals surface area contributed by atoms with Crippen molar-refractivity contribution in [1.82, 2.24) is 10.2 Å². The predicted octanol–water partition coefficient (Wildman–Crippen LogP) is 5.95. The molecule has 0 aromatic heterocycles. The molecule has 8 heteroatoms. The molecule has 1 amide bonds. The molecular weight excluding hydrogens is 498 g/mol. The Morgan fingerprint density at radius 2 is 1.84 bits per heavy atom. The minimum Gasteiger partial charge on any atom is -0.489 e. The number of ether oxygens (including phenoxy) is 2. The van der Waals surface area contributed by atoms with Crippen molar-refractivity contribution in [2.45, 2.75) is 59.8 Å². The molecule has 1 N–H and O–H groups in total. The first kappa shape index (κ1) is 27.5. The quantitative estimate of drug-likeness (QED) is 0.380. The Kier molecular flexibility index (Phi) is 8.94. The summed E-state index contributed by atoms with van der Waals surface area (Å²) < 4.78 is 11.8. The fraction of sp³-hybridized carbons (Fsp3) is 0.367. The number of esters is 1. The molecule has 2 aliphatic heterocycles. The van der Waals surface area contributed by atoms with E-state index in [2.05, 4.69) is 19.2 Å². The third kappa shape index (κ3) is 6.67. The zero-order valence-electron chi connectivity index (χ0n) is 22.6. The molecule has 2 aliphatic rings. The Balaban J connectivity index is 1.67. The SMILES string of the molecule is CC1=C(C(=O)OC(C)C)C(c2cccc(OCc3ccccc3)c2)N2C(CC(=O)NCC(C)C)=CSC2=N1. The highest BCUT2D eigenvalue weighted by atomic mass is 32.2. The number of nitrogens with one attached hydrogen (secondary N) is 1. The van der Waals surface area contributed by atoms with Crippen molar-refractivity contribution in [2.24, 2.45) is 10.9 Å². The van der Waals surface area contributed by atoms with Crippen molar-refractivity contribution >= 4 is 28.8 Å². The van der Waals surface area contributed by atoms with Crippen LogP contribution >= 0.6 is 11.8 Å². The average molecular weight is 534 g/mol. The van der Waals surface area contributed by atoms with E-state index in [4.69, 9.17) is 14.5 Å². The van der Waals surface area contributed by atoms with E-state index in [0.29, 0.717) is 36.1 Å². The van der Waals surface area contributed by atoms with E-state index >= 15 is 0 Å². The monoisotopic (exact) mass is 533 g/mol. The molecule has 1 unspecified atom stereocenters. The second-order valence-electron chi connectivity index (χ2n) is 10.1. The van der Waals surface area contributed by atoms with Crippen LogP contribution in [0.2, 0.25) is 0 Å². The molecule has 7 nitrogen and oxygen atoms in total. The van der Waals surface area contributed by atoms with Crippen LogP contribution in [-0.2, 0) is 20.9 Å². The lowest BCUT2D eigenvalue weighted by molar-refractivity contribution is -0.143. The Morgan fingerprint density at radius 1 is 1.08 bits per heavy atom. The second kappa shape index (κ2) is 12.3. The molecule has 1 atom stereocenters. The Labute approximate surface area is 229 Å². The van der Waals surface area contributed by atoms with Crippen LogP contribution in [-0.4, -0.2) is 34.6 Å². The number of amidine groups is 1.